The maximum atomic E-state index is 13.2. The molecule has 5 heteroatoms. The molecular formula is C22H14Cl2O3. The van der Waals surface area contributed by atoms with Crippen LogP contribution in [0.5, 0.6) is 11.5 Å². The highest BCUT2D eigenvalue weighted by atomic mass is 35.5. The summed E-state index contributed by atoms with van der Waals surface area (Å²) in [5, 5.41) is 11.0. The summed E-state index contributed by atoms with van der Waals surface area (Å²) in [7, 11) is 0. The van der Waals surface area contributed by atoms with Crippen LogP contribution in [-0.4, -0.2) is 10.9 Å². The Labute approximate surface area is 166 Å². The molecule has 0 radical (unpaired) electrons. The summed E-state index contributed by atoms with van der Waals surface area (Å²) < 4.78 is 6.12. The van der Waals surface area contributed by atoms with Gasteiger partial charge in [-0.2, -0.15) is 0 Å². The number of carbonyl (C=O) groups excluding carboxylic acids is 1. The zero-order valence-electron chi connectivity index (χ0n) is 14.0. The molecule has 4 rings (SSSR count). The number of Topliss-reactive ketones (excluding diaryl/α,β-unsaturated/α-hetero) is 1. The van der Waals surface area contributed by atoms with Crippen LogP contribution in [0.15, 0.2) is 72.3 Å². The van der Waals surface area contributed by atoms with Crippen molar-refractivity contribution in [3.05, 3.63) is 99.0 Å². The predicted molar refractivity (Wildman–Crippen MR) is 107 cm³/mol. The standard InChI is InChI=1S/C22H14Cl2O3/c23-15-5-1-13(2-6-15)11-19-21(26)18-12-17(25)9-10-20(18)27-22(19)14-3-7-16(24)8-4-14/h1-12,22,25H. The minimum atomic E-state index is -0.581. The highest BCUT2D eigenvalue weighted by Crippen LogP contribution is 2.40. The van der Waals surface area contributed by atoms with Crippen molar-refractivity contribution in [3.63, 3.8) is 0 Å². The Morgan fingerprint density at radius 2 is 1.52 bits per heavy atom. The summed E-state index contributed by atoms with van der Waals surface area (Å²) in [5.41, 5.74) is 2.44. The van der Waals surface area contributed by atoms with Crippen LogP contribution in [0.4, 0.5) is 0 Å². The average molecular weight is 397 g/mol. The second-order valence-electron chi connectivity index (χ2n) is 6.21. The smallest absolute Gasteiger partial charge is 0.196 e. The maximum absolute atomic E-state index is 13.2. The fourth-order valence-electron chi connectivity index (χ4n) is 3.03. The van der Waals surface area contributed by atoms with Gasteiger partial charge in [0.1, 0.15) is 11.5 Å². The van der Waals surface area contributed by atoms with Gasteiger partial charge in [-0.05, 0) is 59.7 Å². The fourth-order valence-corrected chi connectivity index (χ4v) is 3.28. The van der Waals surface area contributed by atoms with Crippen LogP contribution >= 0.6 is 23.2 Å². The van der Waals surface area contributed by atoms with E-state index in [9.17, 15) is 9.90 Å². The number of rotatable bonds is 2. The number of hydrogen-bond acceptors (Lipinski definition) is 3. The van der Waals surface area contributed by atoms with E-state index in [2.05, 4.69) is 0 Å². The van der Waals surface area contributed by atoms with Gasteiger partial charge in [-0.1, -0.05) is 47.5 Å². The molecule has 3 nitrogen and oxygen atoms in total. The average Bonchev–Trinajstić information content (AvgIpc) is 2.67. The first-order chi connectivity index (χ1) is 13.0. The van der Waals surface area contributed by atoms with Gasteiger partial charge < -0.3 is 9.84 Å². The number of aromatic hydroxyl groups is 1. The van der Waals surface area contributed by atoms with E-state index in [1.807, 2.05) is 24.3 Å². The Kier molecular flexibility index (Phi) is 4.65. The number of phenolic OH excluding ortho intramolecular Hbond substituents is 1. The first kappa shape index (κ1) is 17.7. The summed E-state index contributed by atoms with van der Waals surface area (Å²) in [4.78, 5) is 13.2. The first-order valence-electron chi connectivity index (χ1n) is 8.28. The lowest BCUT2D eigenvalue weighted by molar-refractivity contribution is 0.0963. The van der Waals surface area contributed by atoms with Gasteiger partial charge in [-0.15, -0.1) is 0 Å². The van der Waals surface area contributed by atoms with Crippen LogP contribution in [0, 0.1) is 0 Å². The quantitative estimate of drug-likeness (QED) is 0.532. The Morgan fingerprint density at radius 1 is 0.889 bits per heavy atom. The van der Waals surface area contributed by atoms with Gasteiger partial charge in [0.05, 0.1) is 5.56 Å². The van der Waals surface area contributed by atoms with Gasteiger partial charge in [0.25, 0.3) is 0 Å². The molecule has 0 bridgehead atoms. The van der Waals surface area contributed by atoms with Crippen molar-refractivity contribution >= 4 is 35.1 Å². The van der Waals surface area contributed by atoms with Gasteiger partial charge in [-0.3, -0.25) is 4.79 Å². The molecule has 0 amide bonds. The third-order valence-electron chi connectivity index (χ3n) is 4.36. The molecule has 1 aliphatic rings. The molecule has 3 aromatic rings. The van der Waals surface area contributed by atoms with E-state index < -0.39 is 6.10 Å². The van der Waals surface area contributed by atoms with Gasteiger partial charge in [0, 0.05) is 15.6 Å². The summed E-state index contributed by atoms with van der Waals surface area (Å²) in [6, 6.07) is 18.9. The summed E-state index contributed by atoms with van der Waals surface area (Å²) in [6.07, 6.45) is 1.20. The molecule has 0 saturated heterocycles. The Bertz CT molecular complexity index is 1040. The van der Waals surface area contributed by atoms with E-state index in [1.54, 1.807) is 36.4 Å². The van der Waals surface area contributed by atoms with Crippen molar-refractivity contribution in [1.29, 1.82) is 0 Å². The zero-order chi connectivity index (χ0) is 19.0. The Balaban J connectivity index is 1.85. The number of phenols is 1. The van der Waals surface area contributed by atoms with Crippen molar-refractivity contribution in [2.75, 3.05) is 0 Å². The van der Waals surface area contributed by atoms with Gasteiger partial charge in [0.2, 0.25) is 0 Å². The Morgan fingerprint density at radius 3 is 2.19 bits per heavy atom. The number of benzene rings is 3. The number of carbonyl (C=O) groups is 1. The van der Waals surface area contributed by atoms with Crippen molar-refractivity contribution in [2.24, 2.45) is 0 Å². The Hall–Kier alpha value is -2.75. The number of fused-ring (bicyclic) bond motifs is 1. The van der Waals surface area contributed by atoms with Gasteiger partial charge >= 0.3 is 0 Å². The zero-order valence-corrected chi connectivity index (χ0v) is 15.5. The van der Waals surface area contributed by atoms with Crippen LogP contribution in [0.2, 0.25) is 10.0 Å². The molecule has 0 fully saturated rings. The largest absolute Gasteiger partial charge is 0.508 e. The lowest BCUT2D eigenvalue weighted by Gasteiger charge is -2.28. The summed E-state index contributed by atoms with van der Waals surface area (Å²) in [6.45, 7) is 0. The maximum Gasteiger partial charge on any atom is 0.196 e. The third-order valence-corrected chi connectivity index (χ3v) is 4.87. The molecular weight excluding hydrogens is 383 g/mol. The second-order valence-corrected chi connectivity index (χ2v) is 7.08. The molecule has 1 atom stereocenters. The summed E-state index contributed by atoms with van der Waals surface area (Å²) >= 11 is 12.0. The first-order valence-corrected chi connectivity index (χ1v) is 9.04. The molecule has 134 valence electrons. The van der Waals surface area contributed by atoms with Gasteiger partial charge in [0.15, 0.2) is 11.9 Å². The van der Waals surface area contributed by atoms with Crippen LogP contribution in [-0.2, 0) is 0 Å². The number of ketones is 1. The van der Waals surface area contributed by atoms with E-state index in [0.717, 1.165) is 11.1 Å². The number of hydrogen-bond donors (Lipinski definition) is 1. The molecule has 1 unspecified atom stereocenters. The molecule has 0 saturated carbocycles. The molecule has 0 spiro atoms. The minimum Gasteiger partial charge on any atom is -0.508 e. The molecule has 1 aliphatic heterocycles. The minimum absolute atomic E-state index is 0.0153. The molecule has 3 aromatic carbocycles. The van der Waals surface area contributed by atoms with Gasteiger partial charge in [-0.25, -0.2) is 0 Å². The third kappa shape index (κ3) is 3.57. The summed E-state index contributed by atoms with van der Waals surface area (Å²) in [5.74, 6) is 0.259. The number of ether oxygens (including phenoxy) is 1. The molecule has 1 N–H and O–H groups in total. The lowest BCUT2D eigenvalue weighted by Crippen LogP contribution is -2.23. The highest BCUT2D eigenvalue weighted by molar-refractivity contribution is 6.30. The SMILES string of the molecule is O=C1C(=Cc2ccc(Cl)cc2)C(c2ccc(Cl)cc2)Oc2ccc(O)cc21. The molecule has 0 aliphatic carbocycles. The highest BCUT2D eigenvalue weighted by Gasteiger charge is 2.33. The monoisotopic (exact) mass is 396 g/mol. The van der Waals surface area contributed by atoms with Crippen molar-refractivity contribution < 1.29 is 14.6 Å². The van der Waals surface area contributed by atoms with E-state index >= 15 is 0 Å². The van der Waals surface area contributed by atoms with Crippen LogP contribution in [0.25, 0.3) is 6.08 Å². The second kappa shape index (κ2) is 7.10. The van der Waals surface area contributed by atoms with E-state index in [0.29, 0.717) is 26.9 Å². The van der Waals surface area contributed by atoms with E-state index in [1.165, 1.54) is 12.1 Å². The van der Waals surface area contributed by atoms with Crippen molar-refractivity contribution in [2.45, 2.75) is 6.10 Å². The molecule has 27 heavy (non-hydrogen) atoms. The van der Waals surface area contributed by atoms with Crippen LogP contribution < -0.4 is 4.74 Å². The van der Waals surface area contributed by atoms with E-state index in [-0.39, 0.29) is 11.5 Å². The number of halogens is 2. The van der Waals surface area contributed by atoms with Crippen molar-refractivity contribution in [1.82, 2.24) is 0 Å². The fraction of sp³-hybridized carbons (Fsp3) is 0.0455. The molecule has 1 heterocycles. The van der Waals surface area contributed by atoms with E-state index in [4.69, 9.17) is 27.9 Å². The predicted octanol–water partition coefficient (Wildman–Crippen LogP) is 6.10. The van der Waals surface area contributed by atoms with Crippen molar-refractivity contribution in [3.8, 4) is 11.5 Å². The molecule has 0 aromatic heterocycles. The normalized spacial score (nSPS) is 17.5. The van der Waals surface area contributed by atoms with Crippen LogP contribution in [0.1, 0.15) is 27.6 Å². The topological polar surface area (TPSA) is 46.5 Å². The van der Waals surface area contributed by atoms with Crippen LogP contribution in [0.3, 0.4) is 0 Å². The lowest BCUT2D eigenvalue weighted by atomic mass is 9.89.